The second-order valence-corrected chi connectivity index (χ2v) is 5.55. The molecule has 0 atom stereocenters. The first-order valence-electron chi connectivity index (χ1n) is 5.31. The maximum atomic E-state index is 13.1. The molecule has 0 saturated heterocycles. The zero-order valence-electron chi connectivity index (χ0n) is 9.67. The number of hydrogen-bond donors (Lipinski definition) is 0. The quantitative estimate of drug-likeness (QED) is 0.478. The molecule has 1 aliphatic carbocycles. The molecule has 0 spiro atoms. The molecule has 0 aliphatic heterocycles. The van der Waals surface area contributed by atoms with E-state index in [0.29, 0.717) is 6.07 Å². The predicted octanol–water partition coefficient (Wildman–Crippen LogP) is 3.12. The maximum Gasteiger partial charge on any atom is 0.534 e. The summed E-state index contributed by atoms with van der Waals surface area (Å²) in [5, 5.41) is 0. The van der Waals surface area contributed by atoms with Crippen LogP contribution >= 0.6 is 0 Å². The van der Waals surface area contributed by atoms with Crippen LogP contribution in [0.25, 0.3) is 5.76 Å². The van der Waals surface area contributed by atoms with Crippen molar-refractivity contribution in [3.63, 3.8) is 0 Å². The number of hydrogen-bond acceptors (Lipinski definition) is 3. The third-order valence-electron chi connectivity index (χ3n) is 2.64. The highest BCUT2D eigenvalue weighted by atomic mass is 32.2. The van der Waals surface area contributed by atoms with Gasteiger partial charge < -0.3 is 4.18 Å². The monoisotopic (exact) mass is 314 g/mol. The van der Waals surface area contributed by atoms with Crippen molar-refractivity contribution in [2.45, 2.75) is 18.3 Å². The SMILES string of the molecule is O=S(=O)(OC1=CCCc2cc(F)c(F)cc21)C(F)(F)F. The van der Waals surface area contributed by atoms with Crippen molar-refractivity contribution >= 4 is 15.9 Å². The molecule has 20 heavy (non-hydrogen) atoms. The maximum absolute atomic E-state index is 13.1. The van der Waals surface area contributed by atoms with E-state index >= 15 is 0 Å². The molecule has 0 N–H and O–H groups in total. The third kappa shape index (κ3) is 2.62. The number of aryl methyl sites for hydroxylation is 1. The summed E-state index contributed by atoms with van der Waals surface area (Å²) in [6.45, 7) is 0. The Balaban J connectivity index is 2.43. The second kappa shape index (κ2) is 4.72. The van der Waals surface area contributed by atoms with Gasteiger partial charge in [0.2, 0.25) is 0 Å². The lowest BCUT2D eigenvalue weighted by Gasteiger charge is -2.19. The van der Waals surface area contributed by atoms with Crippen molar-refractivity contribution < 1.29 is 34.6 Å². The molecule has 0 amide bonds. The Morgan fingerprint density at radius 3 is 2.30 bits per heavy atom. The normalized spacial score (nSPS) is 15.6. The first-order chi connectivity index (χ1) is 9.12. The van der Waals surface area contributed by atoms with Crippen LogP contribution in [-0.2, 0) is 20.7 Å². The number of alkyl halides is 3. The zero-order chi connectivity index (χ0) is 15.1. The fourth-order valence-corrected chi connectivity index (χ4v) is 2.23. The molecule has 0 unspecified atom stereocenters. The van der Waals surface area contributed by atoms with Crippen molar-refractivity contribution in [1.82, 2.24) is 0 Å². The summed E-state index contributed by atoms with van der Waals surface area (Å²) in [6.07, 6.45) is 1.48. The molecule has 9 heteroatoms. The van der Waals surface area contributed by atoms with Crippen LogP contribution in [0.3, 0.4) is 0 Å². The number of rotatable bonds is 2. The van der Waals surface area contributed by atoms with Crippen LogP contribution in [0.15, 0.2) is 18.2 Å². The summed E-state index contributed by atoms with van der Waals surface area (Å²) in [5.41, 5.74) is -5.62. The van der Waals surface area contributed by atoms with E-state index in [1.807, 2.05) is 0 Å². The van der Waals surface area contributed by atoms with Gasteiger partial charge in [0.1, 0.15) is 5.76 Å². The molecular weight excluding hydrogens is 307 g/mol. The summed E-state index contributed by atoms with van der Waals surface area (Å²) in [6, 6.07) is 1.42. The van der Waals surface area contributed by atoms with Gasteiger partial charge in [-0.3, -0.25) is 0 Å². The van der Waals surface area contributed by atoms with E-state index in [-0.39, 0.29) is 24.0 Å². The van der Waals surface area contributed by atoms with Crippen molar-refractivity contribution in [3.8, 4) is 0 Å². The minimum absolute atomic E-state index is 0.154. The lowest BCUT2D eigenvalue weighted by atomic mass is 9.96. The molecule has 3 nitrogen and oxygen atoms in total. The topological polar surface area (TPSA) is 43.4 Å². The molecule has 0 aromatic heterocycles. The van der Waals surface area contributed by atoms with E-state index in [0.717, 1.165) is 12.1 Å². The van der Waals surface area contributed by atoms with Crippen LogP contribution in [-0.4, -0.2) is 13.9 Å². The minimum Gasteiger partial charge on any atom is -0.376 e. The van der Waals surface area contributed by atoms with Gasteiger partial charge in [0, 0.05) is 5.56 Å². The van der Waals surface area contributed by atoms with Gasteiger partial charge in [-0.2, -0.15) is 21.6 Å². The van der Waals surface area contributed by atoms with E-state index in [1.165, 1.54) is 0 Å². The zero-order valence-corrected chi connectivity index (χ0v) is 10.5. The largest absolute Gasteiger partial charge is 0.534 e. The Kier molecular flexibility index (Phi) is 3.49. The third-order valence-corrected chi connectivity index (χ3v) is 3.60. The summed E-state index contributed by atoms with van der Waals surface area (Å²) >= 11 is 0. The van der Waals surface area contributed by atoms with Gasteiger partial charge in [-0.25, -0.2) is 8.78 Å². The Morgan fingerprint density at radius 1 is 1.10 bits per heavy atom. The van der Waals surface area contributed by atoms with Gasteiger partial charge >= 0.3 is 15.6 Å². The fraction of sp³-hybridized carbons (Fsp3) is 0.273. The van der Waals surface area contributed by atoms with Gasteiger partial charge in [-0.1, -0.05) is 0 Å². The lowest BCUT2D eigenvalue weighted by molar-refractivity contribution is -0.0509. The van der Waals surface area contributed by atoms with Crippen LogP contribution in [0.5, 0.6) is 0 Å². The van der Waals surface area contributed by atoms with Crippen LogP contribution in [0, 0.1) is 11.6 Å². The molecule has 110 valence electrons. The molecular formula is C11H7F5O3S. The van der Waals surface area contributed by atoms with Crippen LogP contribution < -0.4 is 0 Å². The van der Waals surface area contributed by atoms with Crippen molar-refractivity contribution in [2.24, 2.45) is 0 Å². The predicted molar refractivity (Wildman–Crippen MR) is 58.7 cm³/mol. The van der Waals surface area contributed by atoms with Crippen LogP contribution in [0.1, 0.15) is 17.5 Å². The second-order valence-electron chi connectivity index (χ2n) is 4.01. The molecule has 0 radical (unpaired) electrons. The minimum atomic E-state index is -5.85. The van der Waals surface area contributed by atoms with Crippen molar-refractivity contribution in [2.75, 3.05) is 0 Å². The molecule has 2 rings (SSSR count). The van der Waals surface area contributed by atoms with Gasteiger partial charge in [0.25, 0.3) is 0 Å². The first-order valence-corrected chi connectivity index (χ1v) is 6.72. The Bertz CT molecular complexity index is 676. The fourth-order valence-electron chi connectivity index (χ4n) is 1.74. The first kappa shape index (κ1) is 14.8. The molecule has 0 fully saturated rings. The lowest BCUT2D eigenvalue weighted by Crippen LogP contribution is -2.25. The van der Waals surface area contributed by atoms with Crippen LogP contribution in [0.2, 0.25) is 0 Å². The summed E-state index contributed by atoms with van der Waals surface area (Å²) in [4.78, 5) is 0. The summed E-state index contributed by atoms with van der Waals surface area (Å²) in [5.74, 6) is -3.12. The average molecular weight is 314 g/mol. The Hall–Kier alpha value is -1.64. The standard InChI is InChI=1S/C11H7F5O3S/c12-8-4-6-2-1-3-10(7(6)5-9(8)13)19-20(17,18)11(14,15)16/h3-5H,1-2H2. The molecule has 1 aliphatic rings. The Labute approximate surface area is 110 Å². The number of allylic oxidation sites excluding steroid dienone is 1. The van der Waals surface area contributed by atoms with E-state index in [1.54, 1.807) is 0 Å². The van der Waals surface area contributed by atoms with E-state index in [2.05, 4.69) is 4.18 Å². The highest BCUT2D eigenvalue weighted by Gasteiger charge is 2.49. The van der Waals surface area contributed by atoms with Gasteiger partial charge in [0.15, 0.2) is 11.6 Å². The summed E-state index contributed by atoms with van der Waals surface area (Å²) < 4.78 is 88.7. The smallest absolute Gasteiger partial charge is 0.376 e. The van der Waals surface area contributed by atoms with E-state index in [9.17, 15) is 30.4 Å². The van der Waals surface area contributed by atoms with Crippen molar-refractivity contribution in [3.05, 3.63) is 41.0 Å². The summed E-state index contributed by atoms with van der Waals surface area (Å²) in [7, 11) is -5.85. The van der Waals surface area contributed by atoms with Gasteiger partial charge in [-0.05, 0) is 36.6 Å². The van der Waals surface area contributed by atoms with Gasteiger partial charge in [-0.15, -0.1) is 0 Å². The molecule has 1 aromatic carbocycles. The number of benzene rings is 1. The van der Waals surface area contributed by atoms with Gasteiger partial charge in [0.05, 0.1) is 0 Å². The molecule has 0 heterocycles. The van der Waals surface area contributed by atoms with E-state index in [4.69, 9.17) is 0 Å². The van der Waals surface area contributed by atoms with E-state index < -0.39 is 33.0 Å². The average Bonchev–Trinajstić information content (AvgIpc) is 2.30. The molecule has 0 bridgehead atoms. The van der Waals surface area contributed by atoms with Crippen LogP contribution in [0.4, 0.5) is 22.0 Å². The number of halogens is 5. The Morgan fingerprint density at radius 2 is 1.70 bits per heavy atom. The highest BCUT2D eigenvalue weighted by molar-refractivity contribution is 7.87. The highest BCUT2D eigenvalue weighted by Crippen LogP contribution is 2.34. The number of fused-ring (bicyclic) bond motifs is 1. The van der Waals surface area contributed by atoms with Crippen molar-refractivity contribution in [1.29, 1.82) is 0 Å². The molecule has 1 aromatic rings. The molecule has 0 saturated carbocycles.